The molecule has 0 spiro atoms. The standard InChI is InChI=1S/C33H40N4O7/c1-6-19-42-22(2)27(35-31(40)44-33(3,4)5)30(39)36-18-17-26-28(36)25(29(38)34-24-15-11-8-12-16-24)20-37(26)32(41)43-21-23-13-9-7-10-14-23/h1,7-16,22,25-28H,17-21H2,2-5H3,(H,34,38)(H,35,40)/t22?,25-,26+,27?,28+/m0/s1. The average Bonchev–Trinajstić information content (AvgIpc) is 3.58. The fourth-order valence-electron chi connectivity index (χ4n) is 5.61. The number of para-hydroxylation sites is 1. The number of terminal acetylenes is 1. The van der Waals surface area contributed by atoms with Crippen LogP contribution in [0.25, 0.3) is 0 Å². The Bertz CT molecular complexity index is 1360. The van der Waals surface area contributed by atoms with Gasteiger partial charge in [0.05, 0.1) is 24.1 Å². The van der Waals surface area contributed by atoms with E-state index in [-0.39, 0.29) is 32.2 Å². The van der Waals surface area contributed by atoms with Crippen molar-refractivity contribution >= 4 is 29.7 Å². The van der Waals surface area contributed by atoms with E-state index in [0.29, 0.717) is 12.1 Å². The summed E-state index contributed by atoms with van der Waals surface area (Å²) in [6.07, 6.45) is 3.62. The summed E-state index contributed by atoms with van der Waals surface area (Å²) < 4.78 is 16.7. The van der Waals surface area contributed by atoms with Crippen molar-refractivity contribution in [2.75, 3.05) is 25.0 Å². The molecule has 0 radical (unpaired) electrons. The molecule has 2 aromatic rings. The monoisotopic (exact) mass is 604 g/mol. The Morgan fingerprint density at radius 2 is 1.68 bits per heavy atom. The maximum atomic E-state index is 14.2. The molecule has 2 unspecified atom stereocenters. The zero-order chi connectivity index (χ0) is 31.9. The number of likely N-dealkylation sites (tertiary alicyclic amines) is 2. The third kappa shape index (κ3) is 8.08. The van der Waals surface area contributed by atoms with Gasteiger partial charge < -0.3 is 34.6 Å². The van der Waals surface area contributed by atoms with Crippen molar-refractivity contribution in [3.63, 3.8) is 0 Å². The van der Waals surface area contributed by atoms with Gasteiger partial charge in [-0.3, -0.25) is 9.59 Å². The highest BCUT2D eigenvalue weighted by molar-refractivity contribution is 5.95. The van der Waals surface area contributed by atoms with Gasteiger partial charge >= 0.3 is 12.2 Å². The number of amides is 4. The van der Waals surface area contributed by atoms with E-state index in [9.17, 15) is 19.2 Å². The first-order valence-corrected chi connectivity index (χ1v) is 14.7. The van der Waals surface area contributed by atoms with Gasteiger partial charge in [0.1, 0.15) is 24.9 Å². The second kappa shape index (κ2) is 14.3. The third-order valence-corrected chi connectivity index (χ3v) is 7.56. The number of hydrogen-bond donors (Lipinski definition) is 2. The first-order valence-electron chi connectivity index (χ1n) is 14.7. The van der Waals surface area contributed by atoms with Crippen LogP contribution in [0.4, 0.5) is 15.3 Å². The van der Waals surface area contributed by atoms with Crippen molar-refractivity contribution in [3.8, 4) is 12.3 Å². The molecule has 2 aliphatic rings. The minimum atomic E-state index is -1.16. The van der Waals surface area contributed by atoms with Crippen molar-refractivity contribution in [1.82, 2.24) is 15.1 Å². The number of hydrogen-bond acceptors (Lipinski definition) is 7. The van der Waals surface area contributed by atoms with Crippen LogP contribution in [0.5, 0.6) is 0 Å². The molecule has 5 atom stereocenters. The van der Waals surface area contributed by atoms with Gasteiger partial charge in [-0.1, -0.05) is 54.5 Å². The predicted octanol–water partition coefficient (Wildman–Crippen LogP) is 3.79. The van der Waals surface area contributed by atoms with E-state index in [1.165, 1.54) is 4.90 Å². The van der Waals surface area contributed by atoms with Gasteiger partial charge in [0.2, 0.25) is 11.8 Å². The summed E-state index contributed by atoms with van der Waals surface area (Å²) in [5, 5.41) is 5.56. The minimum Gasteiger partial charge on any atom is -0.445 e. The van der Waals surface area contributed by atoms with Gasteiger partial charge in [-0.05, 0) is 51.8 Å². The molecule has 2 N–H and O–H groups in total. The van der Waals surface area contributed by atoms with Gasteiger partial charge in [-0.25, -0.2) is 9.59 Å². The molecule has 4 amide bonds. The lowest BCUT2D eigenvalue weighted by molar-refractivity contribution is -0.139. The summed E-state index contributed by atoms with van der Waals surface area (Å²) in [5.41, 5.74) is 0.623. The van der Waals surface area contributed by atoms with Crippen LogP contribution in [-0.2, 0) is 30.4 Å². The van der Waals surface area contributed by atoms with Crippen LogP contribution in [0.3, 0.4) is 0 Å². The Labute approximate surface area is 258 Å². The normalized spacial score (nSPS) is 20.6. The summed E-state index contributed by atoms with van der Waals surface area (Å²) in [6, 6.07) is 16.0. The topological polar surface area (TPSA) is 127 Å². The number of benzene rings is 2. The zero-order valence-corrected chi connectivity index (χ0v) is 25.5. The van der Waals surface area contributed by atoms with E-state index in [4.69, 9.17) is 20.6 Å². The molecule has 11 heteroatoms. The number of alkyl carbamates (subject to hydrolysis) is 1. The molecule has 0 aliphatic carbocycles. The fourth-order valence-corrected chi connectivity index (χ4v) is 5.61. The number of anilines is 1. The highest BCUT2D eigenvalue weighted by Crippen LogP contribution is 2.37. The van der Waals surface area contributed by atoms with Crippen molar-refractivity contribution in [3.05, 3.63) is 66.2 Å². The highest BCUT2D eigenvalue weighted by Gasteiger charge is 2.55. The third-order valence-electron chi connectivity index (χ3n) is 7.56. The van der Waals surface area contributed by atoms with Gasteiger partial charge in [0.25, 0.3) is 0 Å². The maximum absolute atomic E-state index is 14.2. The Balaban J connectivity index is 1.59. The first-order chi connectivity index (χ1) is 21.0. The summed E-state index contributed by atoms with van der Waals surface area (Å²) in [6.45, 7) is 7.08. The van der Waals surface area contributed by atoms with Crippen LogP contribution >= 0.6 is 0 Å². The van der Waals surface area contributed by atoms with E-state index in [0.717, 1.165) is 5.56 Å². The van der Waals surface area contributed by atoms with Crippen LogP contribution in [-0.4, -0.2) is 83.3 Å². The molecule has 2 fully saturated rings. The minimum absolute atomic E-state index is 0.0543. The van der Waals surface area contributed by atoms with Crippen LogP contribution in [0.15, 0.2) is 60.7 Å². The van der Waals surface area contributed by atoms with Crippen LogP contribution in [0, 0.1) is 18.3 Å². The molecular formula is C33H40N4O7. The smallest absolute Gasteiger partial charge is 0.410 e. The molecule has 0 bridgehead atoms. The molecule has 234 valence electrons. The molecule has 0 aromatic heterocycles. The first kappa shape index (κ1) is 32.4. The number of fused-ring (bicyclic) bond motifs is 1. The number of rotatable bonds is 9. The van der Waals surface area contributed by atoms with Crippen LogP contribution < -0.4 is 10.6 Å². The Hall–Kier alpha value is -4.56. The second-order valence-corrected chi connectivity index (χ2v) is 11.9. The predicted molar refractivity (Wildman–Crippen MR) is 163 cm³/mol. The Kier molecular flexibility index (Phi) is 10.5. The van der Waals surface area contributed by atoms with Crippen LogP contribution in [0.1, 0.15) is 39.7 Å². The number of carbonyl (C=O) groups is 4. The quantitative estimate of drug-likeness (QED) is 0.417. The summed E-state index contributed by atoms with van der Waals surface area (Å²) >= 11 is 0. The number of nitrogens with one attached hydrogen (secondary N) is 2. The van der Waals surface area contributed by atoms with Gasteiger partial charge in [0.15, 0.2) is 0 Å². The van der Waals surface area contributed by atoms with E-state index in [2.05, 4.69) is 16.6 Å². The van der Waals surface area contributed by atoms with E-state index in [1.54, 1.807) is 56.9 Å². The molecule has 0 saturated carbocycles. The van der Waals surface area contributed by atoms with Crippen molar-refractivity contribution in [2.24, 2.45) is 5.92 Å². The zero-order valence-electron chi connectivity index (χ0n) is 25.5. The molecule has 2 heterocycles. The lowest BCUT2D eigenvalue weighted by atomic mass is 9.97. The van der Waals surface area contributed by atoms with Crippen molar-refractivity contribution < 1.29 is 33.4 Å². The molecule has 2 saturated heterocycles. The summed E-state index contributed by atoms with van der Waals surface area (Å²) in [7, 11) is 0. The van der Waals surface area contributed by atoms with Crippen LogP contribution in [0.2, 0.25) is 0 Å². The Morgan fingerprint density at radius 3 is 2.32 bits per heavy atom. The molecule has 2 aromatic carbocycles. The van der Waals surface area contributed by atoms with E-state index >= 15 is 0 Å². The molecule has 2 aliphatic heterocycles. The molecule has 11 nitrogen and oxygen atoms in total. The van der Waals surface area contributed by atoms with Gasteiger partial charge in [-0.15, -0.1) is 6.42 Å². The summed E-state index contributed by atoms with van der Waals surface area (Å²) in [4.78, 5) is 57.1. The maximum Gasteiger partial charge on any atom is 0.410 e. The van der Waals surface area contributed by atoms with E-state index < -0.39 is 53.8 Å². The number of nitrogens with zero attached hydrogens (tertiary/aromatic N) is 2. The number of ether oxygens (including phenoxy) is 3. The fraction of sp³-hybridized carbons (Fsp3) is 0.455. The SMILES string of the molecule is C#CCOC(C)C(NC(=O)OC(C)(C)C)C(=O)N1CC[C@@H]2[C@H]1[C@@H](C(=O)Nc1ccccc1)CN2C(=O)OCc1ccccc1. The number of carbonyl (C=O) groups excluding carboxylic acids is 4. The highest BCUT2D eigenvalue weighted by atomic mass is 16.6. The van der Waals surface area contributed by atoms with Gasteiger partial charge in [-0.2, -0.15) is 0 Å². The van der Waals surface area contributed by atoms with E-state index in [1.807, 2.05) is 36.4 Å². The summed E-state index contributed by atoms with van der Waals surface area (Å²) in [5.74, 6) is 0.808. The van der Waals surface area contributed by atoms with Crippen molar-refractivity contribution in [1.29, 1.82) is 0 Å². The molecular weight excluding hydrogens is 564 g/mol. The van der Waals surface area contributed by atoms with Crippen molar-refractivity contribution in [2.45, 2.75) is 70.6 Å². The molecule has 44 heavy (non-hydrogen) atoms. The average molecular weight is 605 g/mol. The lowest BCUT2D eigenvalue weighted by Crippen LogP contribution is -2.58. The molecule has 4 rings (SSSR count). The Morgan fingerprint density at radius 1 is 1.02 bits per heavy atom. The lowest BCUT2D eigenvalue weighted by Gasteiger charge is -2.33. The second-order valence-electron chi connectivity index (χ2n) is 11.9. The van der Waals surface area contributed by atoms with Gasteiger partial charge in [0, 0.05) is 18.8 Å². The largest absolute Gasteiger partial charge is 0.445 e.